The highest BCUT2D eigenvalue weighted by Crippen LogP contribution is 2.12. The van der Waals surface area contributed by atoms with Crippen molar-refractivity contribution in [3.05, 3.63) is 66.1 Å². The van der Waals surface area contributed by atoms with Crippen LogP contribution in [0.15, 0.2) is 59.2 Å². The van der Waals surface area contributed by atoms with E-state index in [-0.39, 0.29) is 11.8 Å². The summed E-state index contributed by atoms with van der Waals surface area (Å²) in [7, 11) is 0. The van der Waals surface area contributed by atoms with E-state index in [0.29, 0.717) is 12.2 Å². The van der Waals surface area contributed by atoms with Gasteiger partial charge >= 0.3 is 0 Å². The topological polar surface area (TPSA) is 62.6 Å². The molecule has 2 amide bonds. The maximum Gasteiger partial charge on any atom is 0.245 e. The minimum absolute atomic E-state index is 0.0129. The van der Waals surface area contributed by atoms with Crippen LogP contribution < -0.4 is 5.32 Å². The second kappa shape index (κ2) is 8.33. The van der Waals surface area contributed by atoms with E-state index in [1.807, 2.05) is 35.2 Å². The first-order valence-corrected chi connectivity index (χ1v) is 8.57. The molecule has 25 heavy (non-hydrogen) atoms. The number of benzene rings is 1. The summed E-state index contributed by atoms with van der Waals surface area (Å²) in [5, 5.41) is 2.85. The van der Waals surface area contributed by atoms with Crippen LogP contribution in [-0.2, 0) is 16.0 Å². The highest BCUT2D eigenvalue weighted by Gasteiger charge is 2.27. The number of nitrogens with zero attached hydrogens (tertiary/aromatic N) is 1. The predicted molar refractivity (Wildman–Crippen MR) is 95.6 cm³/mol. The number of hydrogen-bond donors (Lipinski definition) is 1. The Hall–Kier alpha value is -2.82. The Kier molecular flexibility index (Phi) is 5.67. The van der Waals surface area contributed by atoms with Gasteiger partial charge in [0.15, 0.2) is 0 Å². The van der Waals surface area contributed by atoms with Crippen molar-refractivity contribution in [2.75, 3.05) is 13.1 Å². The molecule has 1 atom stereocenters. The van der Waals surface area contributed by atoms with Gasteiger partial charge in [-0.1, -0.05) is 30.3 Å². The fourth-order valence-electron chi connectivity index (χ4n) is 2.97. The molecule has 1 aromatic heterocycles. The van der Waals surface area contributed by atoms with Crippen LogP contribution in [0.4, 0.5) is 0 Å². The number of furan rings is 1. The molecule has 0 spiro atoms. The molecule has 0 saturated carbocycles. The van der Waals surface area contributed by atoms with Crippen LogP contribution in [0.5, 0.6) is 0 Å². The summed E-state index contributed by atoms with van der Waals surface area (Å²) < 4.78 is 5.17. The summed E-state index contributed by atoms with van der Waals surface area (Å²) in [4.78, 5) is 26.9. The standard InChI is InChI=1S/C20H22N2O3/c23-19(11-10-17-9-6-14-25-17)21-18(15-16-7-2-1-3-8-16)20(24)22-12-4-5-13-22/h1-3,6-11,14,18H,4-5,12-13,15H2,(H,21,23)/b11-10-/t18-/m0/s1. The molecule has 5 nitrogen and oxygen atoms in total. The number of carbonyl (C=O) groups excluding carboxylic acids is 2. The average molecular weight is 338 g/mol. The number of amides is 2. The van der Waals surface area contributed by atoms with Crippen molar-refractivity contribution in [2.24, 2.45) is 0 Å². The van der Waals surface area contributed by atoms with Gasteiger partial charge in [0.25, 0.3) is 0 Å². The first-order chi connectivity index (χ1) is 12.2. The Morgan fingerprint density at radius 2 is 1.88 bits per heavy atom. The number of hydrogen-bond acceptors (Lipinski definition) is 3. The van der Waals surface area contributed by atoms with Gasteiger partial charge in [0.1, 0.15) is 11.8 Å². The third kappa shape index (κ3) is 4.83. The molecule has 130 valence electrons. The summed E-state index contributed by atoms with van der Waals surface area (Å²) in [6.07, 6.45) is 7.07. The normalized spacial score (nSPS) is 15.4. The van der Waals surface area contributed by atoms with E-state index in [9.17, 15) is 9.59 Å². The smallest absolute Gasteiger partial charge is 0.245 e. The van der Waals surface area contributed by atoms with Crippen molar-refractivity contribution < 1.29 is 14.0 Å². The van der Waals surface area contributed by atoms with Crippen molar-refractivity contribution in [1.82, 2.24) is 10.2 Å². The van der Waals surface area contributed by atoms with E-state index in [2.05, 4.69) is 5.32 Å². The molecule has 1 saturated heterocycles. The molecule has 1 aromatic carbocycles. The molecule has 2 heterocycles. The molecule has 5 heteroatoms. The fourth-order valence-corrected chi connectivity index (χ4v) is 2.97. The van der Waals surface area contributed by atoms with Crippen LogP contribution >= 0.6 is 0 Å². The Morgan fingerprint density at radius 1 is 1.12 bits per heavy atom. The van der Waals surface area contributed by atoms with E-state index in [1.165, 1.54) is 6.08 Å². The number of rotatable bonds is 6. The summed E-state index contributed by atoms with van der Waals surface area (Å²) in [6, 6.07) is 12.7. The SMILES string of the molecule is O=C(/C=C\c1ccco1)N[C@@H](Cc1ccccc1)C(=O)N1CCCC1. The number of likely N-dealkylation sites (tertiary alicyclic amines) is 1. The molecule has 1 fully saturated rings. The summed E-state index contributed by atoms with van der Waals surface area (Å²) in [6.45, 7) is 1.53. The van der Waals surface area contributed by atoms with Crippen molar-refractivity contribution >= 4 is 17.9 Å². The van der Waals surface area contributed by atoms with E-state index < -0.39 is 6.04 Å². The maximum absolute atomic E-state index is 12.8. The van der Waals surface area contributed by atoms with Gasteiger partial charge in [-0.25, -0.2) is 0 Å². The van der Waals surface area contributed by atoms with E-state index >= 15 is 0 Å². The van der Waals surface area contributed by atoms with Crippen molar-refractivity contribution in [1.29, 1.82) is 0 Å². The zero-order valence-corrected chi connectivity index (χ0v) is 14.1. The minimum Gasteiger partial charge on any atom is -0.465 e. The lowest BCUT2D eigenvalue weighted by molar-refractivity contribution is -0.134. The number of nitrogens with one attached hydrogen (secondary N) is 1. The van der Waals surface area contributed by atoms with Crippen molar-refractivity contribution in [2.45, 2.75) is 25.3 Å². The lowest BCUT2D eigenvalue weighted by atomic mass is 10.0. The second-order valence-corrected chi connectivity index (χ2v) is 6.13. The molecular weight excluding hydrogens is 316 g/mol. The zero-order valence-electron chi connectivity index (χ0n) is 14.1. The molecule has 3 rings (SSSR count). The molecule has 0 radical (unpaired) electrons. The Bertz CT molecular complexity index is 717. The molecule has 1 aliphatic heterocycles. The zero-order chi connectivity index (χ0) is 17.5. The largest absolute Gasteiger partial charge is 0.465 e. The van der Waals surface area contributed by atoms with Gasteiger partial charge in [-0.05, 0) is 36.6 Å². The predicted octanol–water partition coefficient (Wildman–Crippen LogP) is 2.64. The van der Waals surface area contributed by atoms with E-state index in [0.717, 1.165) is 31.5 Å². The van der Waals surface area contributed by atoms with Gasteiger partial charge in [-0.2, -0.15) is 0 Å². The van der Waals surface area contributed by atoms with Crippen LogP contribution in [0.3, 0.4) is 0 Å². The van der Waals surface area contributed by atoms with Crippen LogP contribution in [0.25, 0.3) is 6.08 Å². The fraction of sp³-hybridized carbons (Fsp3) is 0.300. The number of carbonyl (C=O) groups is 2. The molecule has 1 N–H and O–H groups in total. The van der Waals surface area contributed by atoms with Gasteiger partial charge in [-0.3, -0.25) is 9.59 Å². The summed E-state index contributed by atoms with van der Waals surface area (Å²) in [5.41, 5.74) is 1.02. The van der Waals surface area contributed by atoms with Crippen LogP contribution in [0, 0.1) is 0 Å². The van der Waals surface area contributed by atoms with Gasteiger partial charge in [0, 0.05) is 25.6 Å². The van der Waals surface area contributed by atoms with E-state index in [4.69, 9.17) is 4.42 Å². The van der Waals surface area contributed by atoms with Gasteiger partial charge < -0.3 is 14.6 Å². The molecular formula is C20H22N2O3. The van der Waals surface area contributed by atoms with Crippen LogP contribution in [0.1, 0.15) is 24.2 Å². The Morgan fingerprint density at radius 3 is 2.56 bits per heavy atom. The molecule has 0 aliphatic carbocycles. The third-order valence-corrected chi connectivity index (χ3v) is 4.26. The molecule has 0 unspecified atom stereocenters. The Balaban J connectivity index is 1.68. The van der Waals surface area contributed by atoms with Gasteiger partial charge in [0.2, 0.25) is 11.8 Å². The lowest BCUT2D eigenvalue weighted by Crippen LogP contribution is -2.48. The summed E-state index contributed by atoms with van der Waals surface area (Å²) >= 11 is 0. The van der Waals surface area contributed by atoms with Crippen molar-refractivity contribution in [3.63, 3.8) is 0 Å². The monoisotopic (exact) mass is 338 g/mol. The minimum atomic E-state index is -0.561. The van der Waals surface area contributed by atoms with Crippen molar-refractivity contribution in [3.8, 4) is 0 Å². The van der Waals surface area contributed by atoms with Crippen LogP contribution in [-0.4, -0.2) is 35.8 Å². The molecule has 0 bridgehead atoms. The van der Waals surface area contributed by atoms with E-state index in [1.54, 1.807) is 24.5 Å². The first kappa shape index (κ1) is 17.0. The molecule has 1 aliphatic rings. The highest BCUT2D eigenvalue weighted by molar-refractivity contribution is 5.95. The average Bonchev–Trinajstić information content (AvgIpc) is 3.33. The highest BCUT2D eigenvalue weighted by atomic mass is 16.3. The van der Waals surface area contributed by atoms with Crippen LogP contribution in [0.2, 0.25) is 0 Å². The first-order valence-electron chi connectivity index (χ1n) is 8.57. The van der Waals surface area contributed by atoms with Gasteiger partial charge in [0.05, 0.1) is 6.26 Å². The second-order valence-electron chi connectivity index (χ2n) is 6.13. The lowest BCUT2D eigenvalue weighted by Gasteiger charge is -2.23. The van der Waals surface area contributed by atoms with Gasteiger partial charge in [-0.15, -0.1) is 0 Å². The molecule has 2 aromatic rings. The summed E-state index contributed by atoms with van der Waals surface area (Å²) in [5.74, 6) is 0.284. The Labute approximate surface area is 147 Å². The maximum atomic E-state index is 12.8. The quantitative estimate of drug-likeness (QED) is 0.824. The third-order valence-electron chi connectivity index (χ3n) is 4.26.